The Morgan fingerprint density at radius 1 is 1.35 bits per heavy atom. The summed E-state index contributed by atoms with van der Waals surface area (Å²) >= 11 is 0. The fourth-order valence-electron chi connectivity index (χ4n) is 3.05. The highest BCUT2D eigenvalue weighted by Gasteiger charge is 2.38. The van der Waals surface area contributed by atoms with Crippen molar-refractivity contribution < 1.29 is 4.79 Å². The molecule has 1 aromatic heterocycles. The monoisotopic (exact) mass is 278 g/mol. The van der Waals surface area contributed by atoms with Crippen LogP contribution in [0, 0.1) is 5.41 Å². The van der Waals surface area contributed by atoms with Crippen LogP contribution in [0.3, 0.4) is 0 Å². The number of H-pyrrole nitrogens is 1. The summed E-state index contributed by atoms with van der Waals surface area (Å²) in [5.74, 6) is 0.794. The molecule has 2 rings (SSSR count). The zero-order valence-electron chi connectivity index (χ0n) is 12.6. The number of rotatable bonds is 6. The van der Waals surface area contributed by atoms with Gasteiger partial charge in [0.05, 0.1) is 5.41 Å². The molecule has 0 bridgehead atoms. The first-order chi connectivity index (χ1) is 9.70. The Morgan fingerprint density at radius 2 is 2.10 bits per heavy atom. The van der Waals surface area contributed by atoms with Crippen molar-refractivity contribution in [3.8, 4) is 0 Å². The zero-order valence-corrected chi connectivity index (χ0v) is 12.6. The molecule has 20 heavy (non-hydrogen) atoms. The maximum absolute atomic E-state index is 12.7. The molecule has 1 saturated heterocycles. The predicted molar refractivity (Wildman–Crippen MR) is 80.7 cm³/mol. The summed E-state index contributed by atoms with van der Waals surface area (Å²) in [7, 11) is 0. The molecule has 0 atom stereocenters. The molecule has 1 fully saturated rings. The lowest BCUT2D eigenvalue weighted by molar-refractivity contribution is -0.127. The van der Waals surface area contributed by atoms with E-state index in [0.717, 1.165) is 57.3 Å². The van der Waals surface area contributed by atoms with Crippen LogP contribution in [0.25, 0.3) is 0 Å². The van der Waals surface area contributed by atoms with Crippen molar-refractivity contribution in [1.82, 2.24) is 15.5 Å². The second-order valence-corrected chi connectivity index (χ2v) is 5.76. The van der Waals surface area contributed by atoms with Gasteiger partial charge >= 0.3 is 0 Å². The van der Waals surface area contributed by atoms with Gasteiger partial charge in [0.15, 0.2) is 5.82 Å². The second kappa shape index (κ2) is 6.88. The normalized spacial score (nSPS) is 17.9. The Labute approximate surface area is 120 Å². The predicted octanol–water partition coefficient (Wildman–Crippen LogP) is 2.47. The largest absolute Gasteiger partial charge is 0.317 e. The first-order valence-corrected chi connectivity index (χ1v) is 7.76. The Kier molecular flexibility index (Phi) is 5.17. The van der Waals surface area contributed by atoms with Crippen molar-refractivity contribution in [2.75, 3.05) is 18.4 Å². The number of carbonyl (C=O) groups excluding carboxylic acids is 1. The van der Waals surface area contributed by atoms with Gasteiger partial charge in [-0.3, -0.25) is 9.89 Å². The summed E-state index contributed by atoms with van der Waals surface area (Å²) in [4.78, 5) is 12.7. The number of carbonyl (C=O) groups is 1. The minimum absolute atomic E-state index is 0.135. The highest BCUT2D eigenvalue weighted by molar-refractivity contribution is 5.94. The number of amides is 1. The van der Waals surface area contributed by atoms with Crippen LogP contribution in [-0.4, -0.2) is 29.2 Å². The van der Waals surface area contributed by atoms with Crippen LogP contribution >= 0.6 is 0 Å². The van der Waals surface area contributed by atoms with Crippen LogP contribution in [0.15, 0.2) is 6.07 Å². The van der Waals surface area contributed by atoms with E-state index in [4.69, 9.17) is 0 Å². The van der Waals surface area contributed by atoms with E-state index in [0.29, 0.717) is 5.82 Å². The number of hydrogen-bond donors (Lipinski definition) is 3. The molecule has 0 saturated carbocycles. The standard InChI is InChI=1S/C15H26N4O/c1-3-5-12-11-13(19-18-12)17-14(20)15(6-4-2)7-9-16-10-8-15/h11,16H,3-10H2,1-2H3,(H2,17,18,19,20). The SMILES string of the molecule is CCCc1cc(NC(=O)C2(CCC)CCNCC2)n[nH]1. The Hall–Kier alpha value is -1.36. The van der Waals surface area contributed by atoms with Gasteiger partial charge in [-0.25, -0.2) is 0 Å². The molecule has 0 radical (unpaired) electrons. The van der Waals surface area contributed by atoms with Gasteiger partial charge in [0.2, 0.25) is 5.91 Å². The number of aromatic nitrogens is 2. The highest BCUT2D eigenvalue weighted by Crippen LogP contribution is 2.35. The third-order valence-corrected chi connectivity index (χ3v) is 4.16. The van der Waals surface area contributed by atoms with Crippen molar-refractivity contribution in [3.63, 3.8) is 0 Å². The molecular weight excluding hydrogens is 252 g/mol. The minimum atomic E-state index is -0.218. The summed E-state index contributed by atoms with van der Waals surface area (Å²) < 4.78 is 0. The zero-order chi connectivity index (χ0) is 14.4. The molecule has 0 unspecified atom stereocenters. The molecule has 3 N–H and O–H groups in total. The molecule has 0 aromatic carbocycles. The number of piperidine rings is 1. The number of hydrogen-bond acceptors (Lipinski definition) is 3. The van der Waals surface area contributed by atoms with E-state index in [1.165, 1.54) is 0 Å². The van der Waals surface area contributed by atoms with Gasteiger partial charge in [-0.15, -0.1) is 0 Å². The Balaban J connectivity index is 2.03. The minimum Gasteiger partial charge on any atom is -0.317 e. The smallest absolute Gasteiger partial charge is 0.231 e. The molecule has 0 spiro atoms. The van der Waals surface area contributed by atoms with E-state index in [1.54, 1.807) is 0 Å². The van der Waals surface area contributed by atoms with Gasteiger partial charge in [0.1, 0.15) is 0 Å². The van der Waals surface area contributed by atoms with Gasteiger partial charge in [0, 0.05) is 11.8 Å². The van der Waals surface area contributed by atoms with E-state index >= 15 is 0 Å². The van der Waals surface area contributed by atoms with Crippen LogP contribution < -0.4 is 10.6 Å². The average molecular weight is 278 g/mol. The lowest BCUT2D eigenvalue weighted by atomic mass is 9.74. The Bertz CT molecular complexity index is 429. The summed E-state index contributed by atoms with van der Waals surface area (Å²) in [5, 5.41) is 13.5. The third kappa shape index (κ3) is 3.39. The van der Waals surface area contributed by atoms with E-state index in [-0.39, 0.29) is 11.3 Å². The van der Waals surface area contributed by atoms with Crippen molar-refractivity contribution in [2.45, 2.75) is 52.4 Å². The molecule has 112 valence electrons. The van der Waals surface area contributed by atoms with Crippen molar-refractivity contribution in [1.29, 1.82) is 0 Å². The van der Waals surface area contributed by atoms with Gasteiger partial charge in [0.25, 0.3) is 0 Å². The Morgan fingerprint density at radius 3 is 2.75 bits per heavy atom. The molecule has 1 amide bonds. The summed E-state index contributed by atoms with van der Waals surface area (Å²) in [6.07, 6.45) is 5.85. The summed E-state index contributed by atoms with van der Waals surface area (Å²) in [6, 6.07) is 1.95. The first-order valence-electron chi connectivity index (χ1n) is 7.76. The molecular formula is C15H26N4O. The quantitative estimate of drug-likeness (QED) is 0.748. The van der Waals surface area contributed by atoms with Crippen molar-refractivity contribution >= 4 is 11.7 Å². The molecule has 0 aliphatic carbocycles. The fraction of sp³-hybridized carbons (Fsp3) is 0.733. The van der Waals surface area contributed by atoms with Crippen LogP contribution in [0.4, 0.5) is 5.82 Å². The van der Waals surface area contributed by atoms with Gasteiger partial charge in [-0.1, -0.05) is 26.7 Å². The van der Waals surface area contributed by atoms with E-state index in [2.05, 4.69) is 34.7 Å². The highest BCUT2D eigenvalue weighted by atomic mass is 16.2. The van der Waals surface area contributed by atoms with E-state index in [9.17, 15) is 4.79 Å². The molecule has 5 nitrogen and oxygen atoms in total. The molecule has 1 aliphatic rings. The van der Waals surface area contributed by atoms with Crippen molar-refractivity contribution in [3.05, 3.63) is 11.8 Å². The number of nitrogens with one attached hydrogen (secondary N) is 3. The lowest BCUT2D eigenvalue weighted by Crippen LogP contribution is -2.44. The molecule has 5 heteroatoms. The maximum Gasteiger partial charge on any atom is 0.231 e. The molecule has 2 heterocycles. The third-order valence-electron chi connectivity index (χ3n) is 4.16. The van der Waals surface area contributed by atoms with Gasteiger partial charge < -0.3 is 10.6 Å². The van der Waals surface area contributed by atoms with Crippen molar-refractivity contribution in [2.24, 2.45) is 5.41 Å². The van der Waals surface area contributed by atoms with Crippen LogP contribution in [0.5, 0.6) is 0 Å². The fourth-order valence-corrected chi connectivity index (χ4v) is 3.05. The molecule has 1 aliphatic heterocycles. The number of aromatic amines is 1. The van der Waals surface area contributed by atoms with E-state index < -0.39 is 0 Å². The van der Waals surface area contributed by atoms with Crippen LogP contribution in [0.1, 0.15) is 51.6 Å². The number of anilines is 1. The average Bonchev–Trinajstić information content (AvgIpc) is 2.88. The van der Waals surface area contributed by atoms with Crippen LogP contribution in [0.2, 0.25) is 0 Å². The first kappa shape index (κ1) is 15.0. The van der Waals surface area contributed by atoms with Crippen LogP contribution in [-0.2, 0) is 11.2 Å². The second-order valence-electron chi connectivity index (χ2n) is 5.76. The van der Waals surface area contributed by atoms with Gasteiger partial charge in [-0.2, -0.15) is 5.10 Å². The lowest BCUT2D eigenvalue weighted by Gasteiger charge is -2.35. The molecule has 1 aromatic rings. The summed E-state index contributed by atoms with van der Waals surface area (Å²) in [6.45, 7) is 6.12. The maximum atomic E-state index is 12.7. The number of aryl methyl sites for hydroxylation is 1. The van der Waals surface area contributed by atoms with E-state index in [1.807, 2.05) is 6.07 Å². The summed E-state index contributed by atoms with van der Waals surface area (Å²) in [5.41, 5.74) is 0.863. The topological polar surface area (TPSA) is 69.8 Å². The van der Waals surface area contributed by atoms with Gasteiger partial charge in [-0.05, 0) is 38.8 Å². The number of nitrogens with zero attached hydrogens (tertiary/aromatic N) is 1.